The molecule has 1 fully saturated rings. The molecule has 0 amide bonds. The standard InChI is InChI=1S/C17H24FN3/c1-13(2)21(12-17-5-3-4-8-20-17)11-15-9-16(18)7-6-14(15)10-19/h6-7,9,13,17,20H,3-5,8,11-12H2,1-2H3. The lowest BCUT2D eigenvalue weighted by Crippen LogP contribution is -2.45. The molecule has 1 atom stereocenters. The van der Waals surface area contributed by atoms with Gasteiger partial charge in [-0.2, -0.15) is 5.26 Å². The van der Waals surface area contributed by atoms with Gasteiger partial charge in [0.25, 0.3) is 0 Å². The molecule has 1 aliphatic heterocycles. The van der Waals surface area contributed by atoms with E-state index < -0.39 is 0 Å². The Labute approximate surface area is 126 Å². The number of hydrogen-bond donors (Lipinski definition) is 1. The van der Waals surface area contributed by atoms with Crippen molar-refractivity contribution in [2.75, 3.05) is 13.1 Å². The molecule has 0 spiro atoms. The van der Waals surface area contributed by atoms with Crippen molar-refractivity contribution >= 4 is 0 Å². The third-order valence-corrected chi connectivity index (χ3v) is 4.16. The van der Waals surface area contributed by atoms with Crippen molar-refractivity contribution in [1.29, 1.82) is 5.26 Å². The minimum atomic E-state index is -0.275. The molecule has 114 valence electrons. The van der Waals surface area contributed by atoms with Gasteiger partial charge in [0.1, 0.15) is 5.82 Å². The molecular formula is C17H24FN3. The number of nitriles is 1. The van der Waals surface area contributed by atoms with Crippen molar-refractivity contribution in [2.45, 2.75) is 51.7 Å². The first-order chi connectivity index (χ1) is 10.1. The number of halogens is 1. The molecule has 1 unspecified atom stereocenters. The van der Waals surface area contributed by atoms with Crippen LogP contribution < -0.4 is 5.32 Å². The van der Waals surface area contributed by atoms with Gasteiger partial charge in [0.15, 0.2) is 0 Å². The largest absolute Gasteiger partial charge is 0.313 e. The quantitative estimate of drug-likeness (QED) is 0.905. The molecule has 1 N–H and O–H groups in total. The Morgan fingerprint density at radius 3 is 2.86 bits per heavy atom. The van der Waals surface area contributed by atoms with E-state index in [-0.39, 0.29) is 5.82 Å². The lowest BCUT2D eigenvalue weighted by molar-refractivity contribution is 0.177. The number of rotatable bonds is 5. The van der Waals surface area contributed by atoms with E-state index in [1.54, 1.807) is 6.07 Å². The van der Waals surface area contributed by atoms with Gasteiger partial charge in [0.2, 0.25) is 0 Å². The van der Waals surface area contributed by atoms with Crippen molar-refractivity contribution in [3.05, 3.63) is 35.1 Å². The van der Waals surface area contributed by atoms with E-state index in [2.05, 4.69) is 30.1 Å². The zero-order valence-electron chi connectivity index (χ0n) is 12.9. The topological polar surface area (TPSA) is 39.1 Å². The van der Waals surface area contributed by atoms with Gasteiger partial charge in [0.05, 0.1) is 11.6 Å². The Morgan fingerprint density at radius 2 is 2.24 bits per heavy atom. The van der Waals surface area contributed by atoms with Crippen LogP contribution in [0.4, 0.5) is 4.39 Å². The molecule has 1 saturated heterocycles. The summed E-state index contributed by atoms with van der Waals surface area (Å²) in [4.78, 5) is 2.32. The smallest absolute Gasteiger partial charge is 0.123 e. The van der Waals surface area contributed by atoms with Crippen LogP contribution in [-0.2, 0) is 6.54 Å². The fourth-order valence-electron chi connectivity index (χ4n) is 2.84. The van der Waals surface area contributed by atoms with Crippen LogP contribution in [0.1, 0.15) is 44.2 Å². The normalized spacial score (nSPS) is 19.0. The first kappa shape index (κ1) is 15.9. The molecule has 1 aromatic carbocycles. The summed E-state index contributed by atoms with van der Waals surface area (Å²) >= 11 is 0. The van der Waals surface area contributed by atoms with Gasteiger partial charge in [-0.3, -0.25) is 4.90 Å². The highest BCUT2D eigenvalue weighted by molar-refractivity contribution is 5.37. The molecule has 0 aliphatic carbocycles. The molecule has 1 aromatic rings. The molecule has 0 saturated carbocycles. The second kappa shape index (κ2) is 7.53. The third-order valence-electron chi connectivity index (χ3n) is 4.16. The van der Waals surface area contributed by atoms with E-state index in [0.717, 1.165) is 18.7 Å². The van der Waals surface area contributed by atoms with Crippen LogP contribution in [0.15, 0.2) is 18.2 Å². The van der Waals surface area contributed by atoms with Crippen LogP contribution in [0.25, 0.3) is 0 Å². The van der Waals surface area contributed by atoms with Crippen LogP contribution in [0.2, 0.25) is 0 Å². The minimum absolute atomic E-state index is 0.275. The molecule has 21 heavy (non-hydrogen) atoms. The summed E-state index contributed by atoms with van der Waals surface area (Å²) in [6, 6.07) is 7.44. The minimum Gasteiger partial charge on any atom is -0.313 e. The van der Waals surface area contributed by atoms with E-state index in [0.29, 0.717) is 24.2 Å². The molecule has 4 heteroatoms. The molecule has 0 aromatic heterocycles. The summed E-state index contributed by atoms with van der Waals surface area (Å²) in [6.45, 7) is 6.94. The van der Waals surface area contributed by atoms with Gasteiger partial charge in [-0.15, -0.1) is 0 Å². The predicted octanol–water partition coefficient (Wildman–Crippen LogP) is 3.05. The van der Waals surface area contributed by atoms with Gasteiger partial charge < -0.3 is 5.32 Å². The SMILES string of the molecule is CC(C)N(Cc1cc(F)ccc1C#N)CC1CCCCN1. The molecule has 0 bridgehead atoms. The van der Waals surface area contributed by atoms with Crippen LogP contribution in [0.5, 0.6) is 0 Å². The zero-order valence-corrected chi connectivity index (χ0v) is 12.9. The second-order valence-corrected chi connectivity index (χ2v) is 6.08. The van der Waals surface area contributed by atoms with Crippen molar-refractivity contribution in [3.63, 3.8) is 0 Å². The summed E-state index contributed by atoms with van der Waals surface area (Å²) < 4.78 is 13.5. The van der Waals surface area contributed by atoms with Crippen molar-refractivity contribution in [2.24, 2.45) is 0 Å². The molecule has 1 heterocycles. The van der Waals surface area contributed by atoms with Gasteiger partial charge in [-0.1, -0.05) is 6.42 Å². The lowest BCUT2D eigenvalue weighted by Gasteiger charge is -2.33. The summed E-state index contributed by atoms with van der Waals surface area (Å²) in [5.41, 5.74) is 1.35. The monoisotopic (exact) mass is 289 g/mol. The molecular weight excluding hydrogens is 265 g/mol. The number of benzene rings is 1. The predicted molar refractivity (Wildman–Crippen MR) is 82.3 cm³/mol. The Bertz CT molecular complexity index is 501. The van der Waals surface area contributed by atoms with Gasteiger partial charge >= 0.3 is 0 Å². The highest BCUT2D eigenvalue weighted by Gasteiger charge is 2.19. The van der Waals surface area contributed by atoms with E-state index in [1.807, 2.05) is 0 Å². The molecule has 2 rings (SSSR count). The number of nitrogens with zero attached hydrogens (tertiary/aromatic N) is 2. The maximum atomic E-state index is 13.5. The highest BCUT2D eigenvalue weighted by Crippen LogP contribution is 2.17. The van der Waals surface area contributed by atoms with Crippen LogP contribution in [0, 0.1) is 17.1 Å². The molecule has 0 radical (unpaired) electrons. The number of nitrogens with one attached hydrogen (secondary N) is 1. The summed E-state index contributed by atoms with van der Waals surface area (Å²) in [7, 11) is 0. The Morgan fingerprint density at radius 1 is 1.43 bits per heavy atom. The molecule has 3 nitrogen and oxygen atoms in total. The van der Waals surface area contributed by atoms with Crippen LogP contribution in [-0.4, -0.2) is 30.1 Å². The number of hydrogen-bond acceptors (Lipinski definition) is 3. The molecule has 1 aliphatic rings. The van der Waals surface area contributed by atoms with E-state index in [1.165, 1.54) is 31.4 Å². The summed E-state index contributed by atoms with van der Waals surface area (Å²) in [6.07, 6.45) is 3.71. The van der Waals surface area contributed by atoms with E-state index in [9.17, 15) is 9.65 Å². The Kier molecular flexibility index (Phi) is 5.72. The van der Waals surface area contributed by atoms with Gasteiger partial charge in [-0.05, 0) is 57.0 Å². The zero-order chi connectivity index (χ0) is 15.2. The lowest BCUT2D eigenvalue weighted by atomic mass is 10.0. The average Bonchev–Trinajstić information content (AvgIpc) is 2.48. The van der Waals surface area contributed by atoms with Gasteiger partial charge in [0, 0.05) is 25.2 Å². The van der Waals surface area contributed by atoms with E-state index in [4.69, 9.17) is 0 Å². The number of piperidine rings is 1. The van der Waals surface area contributed by atoms with E-state index >= 15 is 0 Å². The summed E-state index contributed by atoms with van der Waals surface area (Å²) in [5.74, 6) is -0.275. The Balaban J connectivity index is 2.09. The summed E-state index contributed by atoms with van der Waals surface area (Å²) in [5, 5.41) is 12.7. The second-order valence-electron chi connectivity index (χ2n) is 6.08. The van der Waals surface area contributed by atoms with Crippen LogP contribution in [0.3, 0.4) is 0 Å². The Hall–Kier alpha value is -1.44. The third kappa shape index (κ3) is 4.52. The first-order valence-corrected chi connectivity index (χ1v) is 7.76. The maximum Gasteiger partial charge on any atom is 0.123 e. The first-order valence-electron chi connectivity index (χ1n) is 7.76. The highest BCUT2D eigenvalue weighted by atomic mass is 19.1. The van der Waals surface area contributed by atoms with Crippen molar-refractivity contribution < 1.29 is 4.39 Å². The maximum absolute atomic E-state index is 13.5. The fourth-order valence-corrected chi connectivity index (χ4v) is 2.84. The van der Waals surface area contributed by atoms with Crippen molar-refractivity contribution in [3.8, 4) is 6.07 Å². The fraction of sp³-hybridized carbons (Fsp3) is 0.588. The van der Waals surface area contributed by atoms with Crippen LogP contribution >= 0.6 is 0 Å². The van der Waals surface area contributed by atoms with Gasteiger partial charge in [-0.25, -0.2) is 4.39 Å². The average molecular weight is 289 g/mol. The van der Waals surface area contributed by atoms with Crippen molar-refractivity contribution in [1.82, 2.24) is 10.2 Å².